The lowest BCUT2D eigenvalue weighted by Gasteiger charge is -2.05. The number of halogens is 2. The van der Waals surface area contributed by atoms with E-state index in [1.54, 1.807) is 12.1 Å². The van der Waals surface area contributed by atoms with Crippen molar-refractivity contribution in [3.05, 3.63) is 46.5 Å². The number of aromatic nitrogens is 1. The first kappa shape index (κ1) is 10.2. The lowest BCUT2D eigenvalue weighted by Crippen LogP contribution is -1.95. The standard InChI is InChI=1S/C10H7BrFNO2/c11-9-2-1-7(12)5-10(9)14-6-8-3-4-13-15-8/h1-5H,6H2. The number of hydrogen-bond acceptors (Lipinski definition) is 3. The van der Waals surface area contributed by atoms with E-state index in [2.05, 4.69) is 21.1 Å². The first-order valence-electron chi connectivity index (χ1n) is 4.23. The van der Waals surface area contributed by atoms with Gasteiger partial charge in [0.1, 0.15) is 18.2 Å². The minimum Gasteiger partial charge on any atom is -0.484 e. The Morgan fingerprint density at radius 1 is 1.40 bits per heavy atom. The van der Waals surface area contributed by atoms with Gasteiger partial charge in [-0.3, -0.25) is 0 Å². The number of rotatable bonds is 3. The molecule has 1 aromatic carbocycles. The van der Waals surface area contributed by atoms with Crippen molar-refractivity contribution >= 4 is 15.9 Å². The van der Waals surface area contributed by atoms with Crippen LogP contribution in [0.4, 0.5) is 4.39 Å². The zero-order chi connectivity index (χ0) is 10.7. The number of benzene rings is 1. The van der Waals surface area contributed by atoms with Crippen molar-refractivity contribution in [2.75, 3.05) is 0 Å². The molecule has 0 aliphatic heterocycles. The molecule has 0 aliphatic rings. The van der Waals surface area contributed by atoms with Gasteiger partial charge in [0.05, 0.1) is 10.7 Å². The molecular weight excluding hydrogens is 265 g/mol. The molecular formula is C10H7BrFNO2. The summed E-state index contributed by atoms with van der Waals surface area (Å²) in [6.07, 6.45) is 1.53. The molecule has 1 heterocycles. The zero-order valence-corrected chi connectivity index (χ0v) is 9.20. The lowest BCUT2D eigenvalue weighted by atomic mass is 10.3. The van der Waals surface area contributed by atoms with Crippen LogP contribution in [-0.2, 0) is 6.61 Å². The Labute approximate surface area is 94.0 Å². The molecule has 0 saturated heterocycles. The van der Waals surface area contributed by atoms with Gasteiger partial charge < -0.3 is 9.26 Å². The number of ether oxygens (including phenoxy) is 1. The van der Waals surface area contributed by atoms with Crippen LogP contribution in [0.25, 0.3) is 0 Å². The van der Waals surface area contributed by atoms with Gasteiger partial charge in [0.15, 0.2) is 5.76 Å². The summed E-state index contributed by atoms with van der Waals surface area (Å²) in [5.74, 6) is 0.684. The normalized spacial score (nSPS) is 10.3. The predicted molar refractivity (Wildman–Crippen MR) is 54.9 cm³/mol. The molecule has 1 aromatic heterocycles. The Balaban J connectivity index is 2.07. The number of hydrogen-bond donors (Lipinski definition) is 0. The molecule has 0 N–H and O–H groups in total. The van der Waals surface area contributed by atoms with E-state index < -0.39 is 0 Å². The van der Waals surface area contributed by atoms with Crippen LogP contribution in [0.3, 0.4) is 0 Å². The van der Waals surface area contributed by atoms with E-state index in [0.717, 1.165) is 0 Å². The van der Waals surface area contributed by atoms with Crippen LogP contribution in [0.5, 0.6) is 5.75 Å². The third-order valence-electron chi connectivity index (χ3n) is 1.75. The Kier molecular flexibility index (Phi) is 3.01. The van der Waals surface area contributed by atoms with Crippen molar-refractivity contribution in [3.8, 4) is 5.75 Å². The molecule has 0 spiro atoms. The van der Waals surface area contributed by atoms with Crippen molar-refractivity contribution in [1.29, 1.82) is 0 Å². The molecule has 3 nitrogen and oxygen atoms in total. The highest BCUT2D eigenvalue weighted by Gasteiger charge is 2.04. The Morgan fingerprint density at radius 3 is 3.00 bits per heavy atom. The topological polar surface area (TPSA) is 35.3 Å². The maximum Gasteiger partial charge on any atom is 0.174 e. The molecule has 0 aliphatic carbocycles. The highest BCUT2D eigenvalue weighted by molar-refractivity contribution is 9.10. The van der Waals surface area contributed by atoms with Crippen molar-refractivity contribution in [2.45, 2.75) is 6.61 Å². The Morgan fingerprint density at radius 2 is 2.27 bits per heavy atom. The summed E-state index contributed by atoms with van der Waals surface area (Å²) in [4.78, 5) is 0. The van der Waals surface area contributed by atoms with Gasteiger partial charge in [0.25, 0.3) is 0 Å². The van der Waals surface area contributed by atoms with Crippen molar-refractivity contribution in [1.82, 2.24) is 5.16 Å². The molecule has 0 bridgehead atoms. The van der Waals surface area contributed by atoms with Gasteiger partial charge in [-0.25, -0.2) is 4.39 Å². The molecule has 78 valence electrons. The Hall–Kier alpha value is -1.36. The highest BCUT2D eigenvalue weighted by atomic mass is 79.9. The van der Waals surface area contributed by atoms with E-state index in [0.29, 0.717) is 16.0 Å². The fourth-order valence-corrected chi connectivity index (χ4v) is 1.41. The van der Waals surface area contributed by atoms with Crippen LogP contribution in [0.1, 0.15) is 5.76 Å². The summed E-state index contributed by atoms with van der Waals surface area (Å²) >= 11 is 3.26. The first-order valence-corrected chi connectivity index (χ1v) is 5.02. The summed E-state index contributed by atoms with van der Waals surface area (Å²) in [6.45, 7) is 0.224. The second kappa shape index (κ2) is 4.44. The summed E-state index contributed by atoms with van der Waals surface area (Å²) in [5, 5.41) is 3.53. The van der Waals surface area contributed by atoms with Gasteiger partial charge in [0.2, 0.25) is 0 Å². The molecule has 0 atom stereocenters. The SMILES string of the molecule is Fc1ccc(Br)c(OCc2ccno2)c1. The molecule has 0 unspecified atom stereocenters. The van der Waals surface area contributed by atoms with Gasteiger partial charge >= 0.3 is 0 Å². The molecule has 2 rings (SSSR count). The monoisotopic (exact) mass is 271 g/mol. The summed E-state index contributed by atoms with van der Waals surface area (Å²) in [5.41, 5.74) is 0. The average Bonchev–Trinajstić information content (AvgIpc) is 2.72. The molecule has 15 heavy (non-hydrogen) atoms. The van der Waals surface area contributed by atoms with Gasteiger partial charge in [-0.1, -0.05) is 5.16 Å². The molecule has 0 saturated carbocycles. The minimum atomic E-state index is -0.342. The van der Waals surface area contributed by atoms with E-state index in [9.17, 15) is 4.39 Å². The van der Waals surface area contributed by atoms with Gasteiger partial charge in [-0.05, 0) is 28.1 Å². The number of nitrogens with zero attached hydrogens (tertiary/aromatic N) is 1. The third-order valence-corrected chi connectivity index (χ3v) is 2.41. The van der Waals surface area contributed by atoms with Crippen LogP contribution in [0.2, 0.25) is 0 Å². The molecule has 0 amide bonds. The van der Waals surface area contributed by atoms with Crippen LogP contribution in [0.15, 0.2) is 39.5 Å². The van der Waals surface area contributed by atoms with Crippen molar-refractivity contribution < 1.29 is 13.7 Å². The largest absolute Gasteiger partial charge is 0.484 e. The van der Waals surface area contributed by atoms with Crippen LogP contribution < -0.4 is 4.74 Å². The molecule has 2 aromatic rings. The maximum absolute atomic E-state index is 12.9. The van der Waals surface area contributed by atoms with Gasteiger partial charge in [-0.2, -0.15) is 0 Å². The van der Waals surface area contributed by atoms with E-state index in [-0.39, 0.29) is 12.4 Å². The van der Waals surface area contributed by atoms with Crippen LogP contribution in [-0.4, -0.2) is 5.16 Å². The quantitative estimate of drug-likeness (QED) is 0.860. The fraction of sp³-hybridized carbons (Fsp3) is 0.100. The summed E-state index contributed by atoms with van der Waals surface area (Å²) < 4.78 is 23.8. The van der Waals surface area contributed by atoms with Crippen LogP contribution in [0, 0.1) is 5.82 Å². The Bertz CT molecular complexity index is 445. The summed E-state index contributed by atoms with van der Waals surface area (Å²) in [6, 6.07) is 5.93. The molecule has 0 fully saturated rings. The van der Waals surface area contributed by atoms with E-state index in [1.807, 2.05) is 0 Å². The predicted octanol–water partition coefficient (Wildman–Crippen LogP) is 3.16. The second-order valence-corrected chi connectivity index (χ2v) is 3.70. The molecule has 0 radical (unpaired) electrons. The first-order chi connectivity index (χ1) is 7.25. The maximum atomic E-state index is 12.9. The van der Waals surface area contributed by atoms with E-state index in [1.165, 1.54) is 18.3 Å². The average molecular weight is 272 g/mol. The molecule has 5 heteroatoms. The fourth-order valence-electron chi connectivity index (χ4n) is 1.05. The van der Waals surface area contributed by atoms with E-state index in [4.69, 9.17) is 9.26 Å². The van der Waals surface area contributed by atoms with Crippen molar-refractivity contribution in [2.24, 2.45) is 0 Å². The second-order valence-electron chi connectivity index (χ2n) is 2.84. The third kappa shape index (κ3) is 2.56. The smallest absolute Gasteiger partial charge is 0.174 e. The van der Waals surface area contributed by atoms with E-state index >= 15 is 0 Å². The van der Waals surface area contributed by atoms with Crippen LogP contribution >= 0.6 is 15.9 Å². The van der Waals surface area contributed by atoms with Crippen molar-refractivity contribution in [3.63, 3.8) is 0 Å². The van der Waals surface area contributed by atoms with Gasteiger partial charge in [-0.15, -0.1) is 0 Å². The zero-order valence-electron chi connectivity index (χ0n) is 7.61. The minimum absolute atomic E-state index is 0.224. The summed E-state index contributed by atoms with van der Waals surface area (Å²) in [7, 11) is 0. The lowest BCUT2D eigenvalue weighted by molar-refractivity contribution is 0.247. The van der Waals surface area contributed by atoms with Gasteiger partial charge in [0, 0.05) is 12.1 Å². The highest BCUT2D eigenvalue weighted by Crippen LogP contribution is 2.26.